The molecule has 0 aliphatic rings. The average molecular weight is 437 g/mol. The third kappa shape index (κ3) is 4.59. The first kappa shape index (κ1) is 19.4. The van der Waals surface area contributed by atoms with Gasteiger partial charge >= 0.3 is 6.18 Å². The number of halogens is 4. The van der Waals surface area contributed by atoms with Gasteiger partial charge in [-0.05, 0) is 58.7 Å². The maximum atomic E-state index is 12.9. The van der Waals surface area contributed by atoms with Gasteiger partial charge in [0.25, 0.3) is 5.91 Å². The summed E-state index contributed by atoms with van der Waals surface area (Å²) < 4.78 is 61.8. The molecule has 0 aliphatic carbocycles. The zero-order valence-electron chi connectivity index (χ0n) is 12.7. The molecule has 2 aromatic carbocycles. The van der Waals surface area contributed by atoms with Crippen LogP contribution in [0.25, 0.3) is 0 Å². The van der Waals surface area contributed by atoms with Crippen molar-refractivity contribution in [3.8, 4) is 0 Å². The fraction of sp³-hybridized carbons (Fsp3) is 0.133. The van der Waals surface area contributed by atoms with E-state index in [4.69, 9.17) is 5.14 Å². The number of aryl methyl sites for hydroxylation is 1. The Hall–Kier alpha value is -1.91. The lowest BCUT2D eigenvalue weighted by Crippen LogP contribution is -2.17. The number of primary sulfonamides is 1. The van der Waals surface area contributed by atoms with Gasteiger partial charge in [-0.15, -0.1) is 0 Å². The molecule has 0 fully saturated rings. The van der Waals surface area contributed by atoms with Gasteiger partial charge in [0.2, 0.25) is 10.0 Å². The summed E-state index contributed by atoms with van der Waals surface area (Å²) in [4.78, 5) is 12.0. The molecule has 0 aromatic heterocycles. The summed E-state index contributed by atoms with van der Waals surface area (Å²) in [5, 5.41) is 7.33. The standard InChI is InChI=1S/C15H12BrF3N2O3S/c1-8-2-3-9(6-12(8)15(17,18)19)21-14(22)11-7-10(25(20,23)24)4-5-13(11)16/h2-7H,1H3,(H,21,22)(H2,20,23,24). The molecule has 3 N–H and O–H groups in total. The normalized spacial score (nSPS) is 12.1. The van der Waals surface area contributed by atoms with E-state index in [2.05, 4.69) is 21.2 Å². The second-order valence-corrected chi connectivity index (χ2v) is 7.58. The molecule has 0 spiro atoms. The Morgan fingerprint density at radius 2 is 1.80 bits per heavy atom. The maximum absolute atomic E-state index is 12.9. The number of rotatable bonds is 3. The highest BCUT2D eigenvalue weighted by Crippen LogP contribution is 2.33. The third-order valence-corrected chi connectivity index (χ3v) is 4.91. The van der Waals surface area contributed by atoms with E-state index in [1.807, 2.05) is 0 Å². The van der Waals surface area contributed by atoms with Crippen LogP contribution in [0.1, 0.15) is 21.5 Å². The van der Waals surface area contributed by atoms with Crippen LogP contribution in [-0.2, 0) is 16.2 Å². The molecule has 0 unspecified atom stereocenters. The number of alkyl halides is 3. The predicted molar refractivity (Wildman–Crippen MR) is 89.6 cm³/mol. The Balaban J connectivity index is 2.38. The number of sulfonamides is 1. The van der Waals surface area contributed by atoms with Crippen LogP contribution in [0.3, 0.4) is 0 Å². The van der Waals surface area contributed by atoms with Crippen molar-refractivity contribution in [2.24, 2.45) is 5.14 Å². The monoisotopic (exact) mass is 436 g/mol. The van der Waals surface area contributed by atoms with Crippen molar-refractivity contribution >= 4 is 37.5 Å². The Morgan fingerprint density at radius 3 is 2.36 bits per heavy atom. The van der Waals surface area contributed by atoms with Gasteiger partial charge in [0.05, 0.1) is 16.0 Å². The maximum Gasteiger partial charge on any atom is 0.416 e. The van der Waals surface area contributed by atoms with Crippen LogP contribution in [-0.4, -0.2) is 14.3 Å². The van der Waals surface area contributed by atoms with Gasteiger partial charge in [0.1, 0.15) is 0 Å². The van der Waals surface area contributed by atoms with Crippen LogP contribution in [0.15, 0.2) is 45.8 Å². The fourth-order valence-corrected chi connectivity index (χ4v) is 3.03. The molecule has 5 nitrogen and oxygen atoms in total. The lowest BCUT2D eigenvalue weighted by molar-refractivity contribution is -0.138. The number of anilines is 1. The lowest BCUT2D eigenvalue weighted by Gasteiger charge is -2.13. The minimum absolute atomic E-state index is 0.0166. The van der Waals surface area contributed by atoms with Gasteiger partial charge in [-0.3, -0.25) is 4.79 Å². The molecule has 0 radical (unpaired) electrons. The summed E-state index contributed by atoms with van der Waals surface area (Å²) in [6, 6.07) is 6.90. The molecule has 1 amide bonds. The van der Waals surface area contributed by atoms with E-state index in [0.29, 0.717) is 0 Å². The molecular weight excluding hydrogens is 425 g/mol. The van der Waals surface area contributed by atoms with E-state index < -0.39 is 27.7 Å². The summed E-state index contributed by atoms with van der Waals surface area (Å²) in [6.07, 6.45) is -4.56. The molecule has 134 valence electrons. The van der Waals surface area contributed by atoms with E-state index >= 15 is 0 Å². The Labute approximate surface area is 150 Å². The molecule has 0 bridgehead atoms. The number of hydrogen-bond acceptors (Lipinski definition) is 3. The number of hydrogen-bond donors (Lipinski definition) is 2. The second kappa shape index (κ2) is 6.77. The highest BCUT2D eigenvalue weighted by atomic mass is 79.9. The lowest BCUT2D eigenvalue weighted by atomic mass is 10.1. The van der Waals surface area contributed by atoms with Crippen LogP contribution in [0.5, 0.6) is 0 Å². The Morgan fingerprint density at radius 1 is 1.16 bits per heavy atom. The van der Waals surface area contributed by atoms with Crippen LogP contribution in [0.4, 0.5) is 18.9 Å². The van der Waals surface area contributed by atoms with Crippen LogP contribution in [0.2, 0.25) is 0 Å². The van der Waals surface area contributed by atoms with E-state index in [0.717, 1.165) is 12.1 Å². The third-order valence-electron chi connectivity index (χ3n) is 3.31. The zero-order valence-corrected chi connectivity index (χ0v) is 15.1. The van der Waals surface area contributed by atoms with Gasteiger partial charge in [0.15, 0.2) is 0 Å². The predicted octanol–water partition coefficient (Wildman–Crippen LogP) is 3.68. The minimum atomic E-state index is -4.56. The zero-order chi connectivity index (χ0) is 19.0. The Kier molecular flexibility index (Phi) is 5.26. The van der Waals surface area contributed by atoms with Gasteiger partial charge in [0, 0.05) is 10.2 Å². The van der Waals surface area contributed by atoms with Crippen molar-refractivity contribution < 1.29 is 26.4 Å². The van der Waals surface area contributed by atoms with E-state index in [9.17, 15) is 26.4 Å². The number of carbonyl (C=O) groups is 1. The first-order chi connectivity index (χ1) is 11.4. The molecule has 0 atom stereocenters. The van der Waals surface area contributed by atoms with Crippen LogP contribution >= 0.6 is 15.9 Å². The highest BCUT2D eigenvalue weighted by Gasteiger charge is 2.32. The molecule has 0 saturated carbocycles. The number of nitrogens with one attached hydrogen (secondary N) is 1. The number of carbonyl (C=O) groups excluding carboxylic acids is 1. The minimum Gasteiger partial charge on any atom is -0.322 e. The van der Waals surface area contributed by atoms with Crippen molar-refractivity contribution in [2.75, 3.05) is 5.32 Å². The topological polar surface area (TPSA) is 89.3 Å². The molecule has 0 saturated heterocycles. The molecule has 10 heteroatoms. The smallest absolute Gasteiger partial charge is 0.322 e. The molecular formula is C15H12BrF3N2O3S. The van der Waals surface area contributed by atoms with Crippen molar-refractivity contribution in [1.82, 2.24) is 0 Å². The average Bonchev–Trinajstić information content (AvgIpc) is 2.47. The van der Waals surface area contributed by atoms with E-state index in [1.54, 1.807) is 0 Å². The highest BCUT2D eigenvalue weighted by molar-refractivity contribution is 9.10. The molecule has 0 heterocycles. The summed E-state index contributed by atoms with van der Waals surface area (Å²) in [7, 11) is -4.03. The van der Waals surface area contributed by atoms with E-state index in [-0.39, 0.29) is 26.2 Å². The van der Waals surface area contributed by atoms with Gasteiger partial charge in [-0.1, -0.05) is 6.07 Å². The van der Waals surface area contributed by atoms with Crippen LogP contribution < -0.4 is 10.5 Å². The Bertz CT molecular complexity index is 944. The van der Waals surface area contributed by atoms with Crippen molar-refractivity contribution in [3.63, 3.8) is 0 Å². The summed E-state index contributed by atoms with van der Waals surface area (Å²) >= 11 is 3.09. The largest absolute Gasteiger partial charge is 0.416 e. The summed E-state index contributed by atoms with van der Waals surface area (Å²) in [5.41, 5.74) is -1.01. The van der Waals surface area contributed by atoms with Gasteiger partial charge in [-0.2, -0.15) is 13.2 Å². The van der Waals surface area contributed by atoms with E-state index in [1.165, 1.54) is 31.2 Å². The van der Waals surface area contributed by atoms with Crippen molar-refractivity contribution in [3.05, 3.63) is 57.6 Å². The number of benzene rings is 2. The van der Waals surface area contributed by atoms with Crippen LogP contribution in [0, 0.1) is 6.92 Å². The summed E-state index contributed by atoms with van der Waals surface area (Å²) in [5.74, 6) is -0.783. The first-order valence-electron chi connectivity index (χ1n) is 6.71. The first-order valence-corrected chi connectivity index (χ1v) is 9.05. The summed E-state index contributed by atoms with van der Waals surface area (Å²) in [6.45, 7) is 1.31. The van der Waals surface area contributed by atoms with Gasteiger partial charge in [-0.25, -0.2) is 13.6 Å². The number of nitrogens with two attached hydrogens (primary N) is 1. The molecule has 0 aliphatic heterocycles. The second-order valence-electron chi connectivity index (χ2n) is 5.17. The van der Waals surface area contributed by atoms with Gasteiger partial charge < -0.3 is 5.32 Å². The van der Waals surface area contributed by atoms with Crippen molar-refractivity contribution in [2.45, 2.75) is 18.0 Å². The molecule has 25 heavy (non-hydrogen) atoms. The molecule has 2 aromatic rings. The number of amides is 1. The quantitative estimate of drug-likeness (QED) is 0.768. The van der Waals surface area contributed by atoms with Crippen molar-refractivity contribution in [1.29, 1.82) is 0 Å². The SMILES string of the molecule is Cc1ccc(NC(=O)c2cc(S(N)(=O)=O)ccc2Br)cc1C(F)(F)F. The fourth-order valence-electron chi connectivity index (χ4n) is 2.06. The molecule has 2 rings (SSSR count).